The predicted molar refractivity (Wildman–Crippen MR) is 82.7 cm³/mol. The number of hydrogen-bond acceptors (Lipinski definition) is 4. The second-order valence-electron chi connectivity index (χ2n) is 4.22. The van der Waals surface area contributed by atoms with Crippen LogP contribution in [0, 0.1) is 0 Å². The van der Waals surface area contributed by atoms with Gasteiger partial charge in [0.1, 0.15) is 0 Å². The molecular weight excluding hydrogens is 284 g/mol. The monoisotopic (exact) mass is 302 g/mol. The van der Waals surface area contributed by atoms with Gasteiger partial charge in [0.05, 0.1) is 14.2 Å². The van der Waals surface area contributed by atoms with Crippen molar-refractivity contribution < 1.29 is 24.2 Å². The number of ether oxygens (including phenoxy) is 2. The smallest absolute Gasteiger partial charge is 0.290 e. The van der Waals surface area contributed by atoms with E-state index in [1.54, 1.807) is 14.2 Å². The first-order valence-electron chi connectivity index (χ1n) is 6.53. The molecule has 0 spiro atoms. The SMILES string of the molecule is COc1cccc(CC(=O)c2ccccc2)c1OC.O=CO. The molecule has 0 heterocycles. The van der Waals surface area contributed by atoms with E-state index in [0.29, 0.717) is 23.5 Å². The van der Waals surface area contributed by atoms with Crippen LogP contribution in [0.2, 0.25) is 0 Å². The van der Waals surface area contributed by atoms with Crippen LogP contribution < -0.4 is 9.47 Å². The second kappa shape index (κ2) is 9.18. The average Bonchev–Trinajstić information content (AvgIpc) is 2.56. The van der Waals surface area contributed by atoms with Crippen LogP contribution in [0.3, 0.4) is 0 Å². The van der Waals surface area contributed by atoms with Gasteiger partial charge in [-0.2, -0.15) is 0 Å². The summed E-state index contributed by atoms with van der Waals surface area (Å²) < 4.78 is 10.6. The Balaban J connectivity index is 0.000000745. The zero-order chi connectivity index (χ0) is 16.4. The van der Waals surface area contributed by atoms with Crippen molar-refractivity contribution in [2.45, 2.75) is 6.42 Å². The van der Waals surface area contributed by atoms with Crippen molar-refractivity contribution in [1.82, 2.24) is 0 Å². The normalized spacial score (nSPS) is 9.18. The molecule has 0 aliphatic carbocycles. The lowest BCUT2D eigenvalue weighted by atomic mass is 10.0. The van der Waals surface area contributed by atoms with E-state index in [9.17, 15) is 4.79 Å². The van der Waals surface area contributed by atoms with Crippen molar-refractivity contribution in [2.24, 2.45) is 0 Å². The Morgan fingerprint density at radius 2 is 1.68 bits per heavy atom. The minimum atomic E-state index is -0.250. The first-order valence-corrected chi connectivity index (χ1v) is 6.53. The molecule has 0 saturated heterocycles. The van der Waals surface area contributed by atoms with Crippen molar-refractivity contribution in [3.05, 3.63) is 59.7 Å². The Hall–Kier alpha value is -2.82. The molecule has 116 valence electrons. The van der Waals surface area contributed by atoms with E-state index >= 15 is 0 Å². The predicted octanol–water partition coefficient (Wildman–Crippen LogP) is 2.83. The van der Waals surface area contributed by atoms with Gasteiger partial charge in [-0.1, -0.05) is 42.5 Å². The van der Waals surface area contributed by atoms with E-state index in [0.717, 1.165) is 5.56 Å². The topological polar surface area (TPSA) is 72.8 Å². The van der Waals surface area contributed by atoms with Crippen molar-refractivity contribution >= 4 is 12.3 Å². The molecule has 2 aromatic carbocycles. The fourth-order valence-corrected chi connectivity index (χ4v) is 1.99. The molecular formula is C17H18O5. The number of Topliss-reactive ketones (excluding diaryl/α,β-unsaturated/α-hetero) is 1. The van der Waals surface area contributed by atoms with Crippen molar-refractivity contribution in [3.8, 4) is 11.5 Å². The summed E-state index contributed by atoms with van der Waals surface area (Å²) in [6, 6.07) is 14.8. The number of rotatable bonds is 5. The molecule has 5 nitrogen and oxygen atoms in total. The molecule has 0 bridgehead atoms. The molecule has 5 heteroatoms. The van der Waals surface area contributed by atoms with Gasteiger partial charge in [-0.05, 0) is 6.07 Å². The third kappa shape index (κ3) is 4.63. The van der Waals surface area contributed by atoms with Crippen LogP contribution in [-0.4, -0.2) is 31.6 Å². The lowest BCUT2D eigenvalue weighted by molar-refractivity contribution is -0.122. The van der Waals surface area contributed by atoms with Gasteiger partial charge in [0.2, 0.25) is 0 Å². The van der Waals surface area contributed by atoms with Gasteiger partial charge >= 0.3 is 0 Å². The van der Waals surface area contributed by atoms with Gasteiger partial charge in [0.15, 0.2) is 17.3 Å². The molecule has 2 aromatic rings. The van der Waals surface area contributed by atoms with Gasteiger partial charge < -0.3 is 14.6 Å². The van der Waals surface area contributed by atoms with Gasteiger partial charge in [0, 0.05) is 17.5 Å². The Labute approximate surface area is 129 Å². The zero-order valence-corrected chi connectivity index (χ0v) is 12.5. The Kier molecular flexibility index (Phi) is 7.19. The highest BCUT2D eigenvalue weighted by molar-refractivity contribution is 5.97. The number of carbonyl (C=O) groups excluding carboxylic acids is 1. The number of para-hydroxylation sites is 1. The maximum absolute atomic E-state index is 12.2. The van der Waals surface area contributed by atoms with E-state index in [-0.39, 0.29) is 12.3 Å². The van der Waals surface area contributed by atoms with E-state index in [1.807, 2.05) is 48.5 Å². The zero-order valence-electron chi connectivity index (χ0n) is 12.5. The summed E-state index contributed by atoms with van der Waals surface area (Å²) >= 11 is 0. The quantitative estimate of drug-likeness (QED) is 0.679. The summed E-state index contributed by atoms with van der Waals surface area (Å²) in [6.07, 6.45) is 0.296. The third-order valence-electron chi connectivity index (χ3n) is 2.93. The number of carbonyl (C=O) groups is 2. The van der Waals surface area contributed by atoms with E-state index in [1.165, 1.54) is 0 Å². The Morgan fingerprint density at radius 3 is 2.23 bits per heavy atom. The minimum absolute atomic E-state index is 0.0622. The highest BCUT2D eigenvalue weighted by atomic mass is 16.5. The first kappa shape index (κ1) is 17.2. The van der Waals surface area contributed by atoms with Crippen molar-refractivity contribution in [1.29, 1.82) is 0 Å². The molecule has 0 radical (unpaired) electrons. The van der Waals surface area contributed by atoms with Gasteiger partial charge in [-0.25, -0.2) is 0 Å². The molecule has 0 unspecified atom stereocenters. The Bertz CT molecular complexity index is 608. The minimum Gasteiger partial charge on any atom is -0.493 e. The lowest BCUT2D eigenvalue weighted by Gasteiger charge is -2.12. The molecule has 0 saturated carbocycles. The van der Waals surface area contributed by atoms with Crippen LogP contribution in [0.5, 0.6) is 11.5 Å². The standard InChI is InChI=1S/C16H16O3.CH2O2/c1-18-15-10-6-9-13(16(15)19-2)11-14(17)12-7-4-3-5-8-12;2-1-3/h3-10H,11H2,1-2H3;1H,(H,2,3). The second-order valence-corrected chi connectivity index (χ2v) is 4.22. The van der Waals surface area contributed by atoms with Crippen LogP contribution >= 0.6 is 0 Å². The van der Waals surface area contributed by atoms with Crippen molar-refractivity contribution in [2.75, 3.05) is 14.2 Å². The third-order valence-corrected chi connectivity index (χ3v) is 2.93. The van der Waals surface area contributed by atoms with Crippen LogP contribution in [0.4, 0.5) is 0 Å². The summed E-state index contributed by atoms with van der Waals surface area (Å²) in [5, 5.41) is 6.89. The Morgan fingerprint density at radius 1 is 1.05 bits per heavy atom. The molecule has 0 aliphatic rings. The molecule has 0 fully saturated rings. The van der Waals surface area contributed by atoms with E-state index < -0.39 is 0 Å². The number of carboxylic acid groups (broad SMARTS) is 1. The molecule has 0 aromatic heterocycles. The summed E-state index contributed by atoms with van der Waals surface area (Å²) in [7, 11) is 3.16. The first-order chi connectivity index (χ1) is 10.7. The van der Waals surface area contributed by atoms with Crippen LogP contribution in [-0.2, 0) is 11.2 Å². The summed E-state index contributed by atoms with van der Waals surface area (Å²) in [4.78, 5) is 20.5. The fraction of sp³-hybridized carbons (Fsp3) is 0.176. The molecule has 0 atom stereocenters. The molecule has 2 rings (SSSR count). The summed E-state index contributed by atoms with van der Waals surface area (Å²) in [5.41, 5.74) is 1.53. The van der Waals surface area contributed by atoms with Crippen molar-refractivity contribution in [3.63, 3.8) is 0 Å². The highest BCUT2D eigenvalue weighted by Gasteiger charge is 2.13. The number of methoxy groups -OCH3 is 2. The van der Waals surface area contributed by atoms with Gasteiger partial charge in [-0.3, -0.25) is 9.59 Å². The highest BCUT2D eigenvalue weighted by Crippen LogP contribution is 2.31. The van der Waals surface area contributed by atoms with Crippen LogP contribution in [0.1, 0.15) is 15.9 Å². The summed E-state index contributed by atoms with van der Waals surface area (Å²) in [6.45, 7) is -0.250. The number of benzene rings is 2. The lowest BCUT2D eigenvalue weighted by Crippen LogP contribution is -2.05. The van der Waals surface area contributed by atoms with Gasteiger partial charge in [0.25, 0.3) is 6.47 Å². The van der Waals surface area contributed by atoms with Crippen LogP contribution in [0.15, 0.2) is 48.5 Å². The molecule has 0 amide bonds. The maximum atomic E-state index is 12.2. The number of ketones is 1. The average molecular weight is 302 g/mol. The molecule has 0 aliphatic heterocycles. The fourth-order valence-electron chi connectivity index (χ4n) is 1.99. The maximum Gasteiger partial charge on any atom is 0.290 e. The molecule has 1 N–H and O–H groups in total. The van der Waals surface area contributed by atoms with Crippen LogP contribution in [0.25, 0.3) is 0 Å². The largest absolute Gasteiger partial charge is 0.493 e. The van der Waals surface area contributed by atoms with E-state index in [4.69, 9.17) is 19.4 Å². The van der Waals surface area contributed by atoms with E-state index in [2.05, 4.69) is 0 Å². The van der Waals surface area contributed by atoms with Gasteiger partial charge in [-0.15, -0.1) is 0 Å². The summed E-state index contributed by atoms with van der Waals surface area (Å²) in [5.74, 6) is 1.32. The molecule has 22 heavy (non-hydrogen) atoms. The number of hydrogen-bond donors (Lipinski definition) is 1.